The smallest absolute Gasteiger partial charge is 0.129 e. The first-order valence-corrected chi connectivity index (χ1v) is 6.82. The lowest BCUT2D eigenvalue weighted by Crippen LogP contribution is -2.34. The summed E-state index contributed by atoms with van der Waals surface area (Å²) >= 11 is 5.87. The van der Waals surface area contributed by atoms with Gasteiger partial charge in [0.2, 0.25) is 0 Å². The molecule has 0 radical (unpaired) electrons. The lowest BCUT2D eigenvalue weighted by Gasteiger charge is -2.24. The Morgan fingerprint density at radius 2 is 2.11 bits per heavy atom. The molecule has 2 nitrogen and oxygen atoms in total. The summed E-state index contributed by atoms with van der Waals surface area (Å²) < 4.78 is 13.7. The quantitative estimate of drug-likeness (QED) is 0.780. The van der Waals surface area contributed by atoms with Gasteiger partial charge in [-0.1, -0.05) is 13.0 Å². The van der Waals surface area contributed by atoms with Crippen molar-refractivity contribution in [3.8, 4) is 0 Å². The molecule has 2 rings (SSSR count). The zero-order chi connectivity index (χ0) is 13.3. The monoisotopic (exact) mass is 270 g/mol. The molecular formula is C14H20ClFN2. The van der Waals surface area contributed by atoms with E-state index in [1.807, 2.05) is 6.07 Å². The number of likely N-dealkylation sites (N-methyl/N-ethyl adjacent to an activating group) is 1. The van der Waals surface area contributed by atoms with E-state index < -0.39 is 0 Å². The molecule has 4 heteroatoms. The minimum Gasteiger partial charge on any atom is -0.369 e. The zero-order valence-corrected chi connectivity index (χ0v) is 11.9. The maximum Gasteiger partial charge on any atom is 0.129 e. The molecule has 1 heterocycles. The summed E-state index contributed by atoms with van der Waals surface area (Å²) in [7, 11) is 4.19. The van der Waals surface area contributed by atoms with E-state index in [0.717, 1.165) is 18.8 Å². The van der Waals surface area contributed by atoms with Crippen LogP contribution in [0.25, 0.3) is 0 Å². The Hall–Kier alpha value is -0.800. The van der Waals surface area contributed by atoms with Gasteiger partial charge in [0.15, 0.2) is 0 Å². The Bertz CT molecular complexity index is 422. The molecule has 1 aliphatic rings. The Labute approximate surface area is 113 Å². The van der Waals surface area contributed by atoms with Crippen LogP contribution in [0.1, 0.15) is 12.5 Å². The normalized spacial score (nSPS) is 24.0. The topological polar surface area (TPSA) is 6.48 Å². The van der Waals surface area contributed by atoms with Gasteiger partial charge in [0.05, 0.1) is 5.88 Å². The van der Waals surface area contributed by atoms with Crippen molar-refractivity contribution in [3.05, 3.63) is 29.6 Å². The molecule has 1 aromatic carbocycles. The molecule has 2 atom stereocenters. The van der Waals surface area contributed by atoms with Crippen LogP contribution in [-0.2, 0) is 5.88 Å². The third-order valence-corrected chi connectivity index (χ3v) is 4.07. The van der Waals surface area contributed by atoms with E-state index in [2.05, 4.69) is 30.8 Å². The summed E-state index contributed by atoms with van der Waals surface area (Å²) in [5.41, 5.74) is 1.56. The Kier molecular flexibility index (Phi) is 4.13. The van der Waals surface area contributed by atoms with Crippen LogP contribution in [0.4, 0.5) is 10.1 Å². The summed E-state index contributed by atoms with van der Waals surface area (Å²) in [5, 5.41) is 0. The molecular weight excluding hydrogens is 251 g/mol. The first kappa shape index (κ1) is 13.6. The molecule has 2 unspecified atom stereocenters. The number of hydrogen-bond donors (Lipinski definition) is 0. The van der Waals surface area contributed by atoms with Gasteiger partial charge in [0.1, 0.15) is 5.82 Å². The van der Waals surface area contributed by atoms with E-state index in [9.17, 15) is 4.39 Å². The van der Waals surface area contributed by atoms with Gasteiger partial charge in [-0.05, 0) is 32.1 Å². The van der Waals surface area contributed by atoms with E-state index in [4.69, 9.17) is 11.6 Å². The van der Waals surface area contributed by atoms with E-state index in [0.29, 0.717) is 17.5 Å². The largest absolute Gasteiger partial charge is 0.369 e. The lowest BCUT2D eigenvalue weighted by atomic mass is 10.1. The van der Waals surface area contributed by atoms with Crippen molar-refractivity contribution in [3.63, 3.8) is 0 Å². The van der Waals surface area contributed by atoms with E-state index in [-0.39, 0.29) is 11.7 Å². The van der Waals surface area contributed by atoms with Crippen LogP contribution >= 0.6 is 11.6 Å². The third kappa shape index (κ3) is 2.47. The fourth-order valence-electron chi connectivity index (χ4n) is 2.79. The molecule has 100 valence electrons. The van der Waals surface area contributed by atoms with Crippen LogP contribution in [0.3, 0.4) is 0 Å². The fraction of sp³-hybridized carbons (Fsp3) is 0.571. The lowest BCUT2D eigenvalue weighted by molar-refractivity contribution is 0.266. The maximum absolute atomic E-state index is 13.7. The summed E-state index contributed by atoms with van der Waals surface area (Å²) in [6.07, 6.45) is 0. The number of halogens is 2. The van der Waals surface area contributed by atoms with Crippen molar-refractivity contribution < 1.29 is 4.39 Å². The number of anilines is 1. The van der Waals surface area contributed by atoms with Crippen LogP contribution in [-0.4, -0.2) is 38.1 Å². The van der Waals surface area contributed by atoms with Gasteiger partial charge in [-0.3, -0.25) is 0 Å². The highest BCUT2D eigenvalue weighted by molar-refractivity contribution is 6.17. The maximum atomic E-state index is 13.7. The summed E-state index contributed by atoms with van der Waals surface area (Å²) in [6.45, 7) is 4.13. The second kappa shape index (κ2) is 5.45. The molecule has 0 saturated carbocycles. The van der Waals surface area contributed by atoms with Crippen LogP contribution in [0.2, 0.25) is 0 Å². The Morgan fingerprint density at radius 3 is 2.67 bits per heavy atom. The van der Waals surface area contributed by atoms with Crippen molar-refractivity contribution in [1.29, 1.82) is 0 Å². The number of rotatable bonds is 3. The molecule has 0 spiro atoms. The van der Waals surface area contributed by atoms with Gasteiger partial charge in [-0.15, -0.1) is 11.6 Å². The van der Waals surface area contributed by atoms with E-state index >= 15 is 0 Å². The molecule has 0 bridgehead atoms. The molecule has 1 aliphatic heterocycles. The van der Waals surface area contributed by atoms with Gasteiger partial charge >= 0.3 is 0 Å². The minimum absolute atomic E-state index is 0.205. The first-order valence-electron chi connectivity index (χ1n) is 6.29. The fourth-order valence-corrected chi connectivity index (χ4v) is 3.06. The predicted molar refractivity (Wildman–Crippen MR) is 74.8 cm³/mol. The minimum atomic E-state index is -0.205. The van der Waals surface area contributed by atoms with Crippen LogP contribution in [0, 0.1) is 11.7 Å². The van der Waals surface area contributed by atoms with Crippen LogP contribution in [0.15, 0.2) is 18.2 Å². The number of benzene rings is 1. The highest BCUT2D eigenvalue weighted by Crippen LogP contribution is 2.30. The van der Waals surface area contributed by atoms with Gasteiger partial charge in [-0.2, -0.15) is 0 Å². The molecule has 1 aromatic rings. The van der Waals surface area contributed by atoms with Crippen molar-refractivity contribution in [2.45, 2.75) is 18.8 Å². The second-order valence-electron chi connectivity index (χ2n) is 5.28. The molecule has 0 aliphatic carbocycles. The highest BCUT2D eigenvalue weighted by atomic mass is 35.5. The van der Waals surface area contributed by atoms with Gasteiger partial charge < -0.3 is 9.80 Å². The molecule has 0 amide bonds. The predicted octanol–water partition coefficient (Wildman–Crippen LogP) is 2.95. The average Bonchev–Trinajstić information content (AvgIpc) is 2.71. The van der Waals surface area contributed by atoms with Gasteiger partial charge in [0, 0.05) is 30.4 Å². The van der Waals surface area contributed by atoms with Gasteiger partial charge in [-0.25, -0.2) is 4.39 Å². The number of hydrogen-bond acceptors (Lipinski definition) is 2. The highest BCUT2D eigenvalue weighted by Gasteiger charge is 2.32. The number of nitrogens with zero attached hydrogens (tertiary/aromatic N) is 2. The third-order valence-electron chi connectivity index (χ3n) is 3.80. The number of alkyl halides is 1. The van der Waals surface area contributed by atoms with Gasteiger partial charge in [0.25, 0.3) is 0 Å². The van der Waals surface area contributed by atoms with Crippen molar-refractivity contribution >= 4 is 17.3 Å². The Morgan fingerprint density at radius 1 is 1.39 bits per heavy atom. The first-order chi connectivity index (χ1) is 8.54. The molecule has 18 heavy (non-hydrogen) atoms. The molecule has 1 fully saturated rings. The van der Waals surface area contributed by atoms with Crippen molar-refractivity contribution in [1.82, 2.24) is 4.90 Å². The standard InChI is InChI=1S/C14H20ClFN2/c1-10-8-18(9-14(10)17(2)3)13-6-4-5-12(16)11(13)7-15/h4-6,10,14H,7-9H2,1-3H3. The molecule has 0 aromatic heterocycles. The summed E-state index contributed by atoms with van der Waals surface area (Å²) in [4.78, 5) is 4.49. The van der Waals surface area contributed by atoms with E-state index in [1.54, 1.807) is 6.07 Å². The van der Waals surface area contributed by atoms with Crippen molar-refractivity contribution in [2.24, 2.45) is 5.92 Å². The molecule has 0 N–H and O–H groups in total. The van der Waals surface area contributed by atoms with E-state index in [1.165, 1.54) is 6.07 Å². The SMILES string of the molecule is CC1CN(c2cccc(F)c2CCl)CC1N(C)C. The van der Waals surface area contributed by atoms with Crippen LogP contribution in [0.5, 0.6) is 0 Å². The summed E-state index contributed by atoms with van der Waals surface area (Å²) in [6, 6.07) is 5.71. The Balaban J connectivity index is 2.26. The zero-order valence-electron chi connectivity index (χ0n) is 11.2. The second-order valence-corrected chi connectivity index (χ2v) is 5.55. The van der Waals surface area contributed by atoms with Crippen LogP contribution < -0.4 is 4.90 Å². The average molecular weight is 271 g/mol. The molecule has 1 saturated heterocycles. The summed E-state index contributed by atoms with van der Waals surface area (Å²) in [5.74, 6) is 0.592. The van der Waals surface area contributed by atoms with Crippen molar-refractivity contribution in [2.75, 3.05) is 32.1 Å².